The molecule has 0 aromatic heterocycles. The van der Waals surface area contributed by atoms with Gasteiger partial charge in [0.05, 0.1) is 12.3 Å². The number of hydrogen-bond donors (Lipinski definition) is 0. The number of carbonyl (C=O) groups is 1. The average molecular weight is 312 g/mol. The van der Waals surface area contributed by atoms with Crippen molar-refractivity contribution in [1.82, 2.24) is 4.98 Å². The van der Waals surface area contributed by atoms with E-state index in [4.69, 9.17) is 16.3 Å². The lowest BCUT2D eigenvalue weighted by atomic mass is 10.1. The lowest BCUT2D eigenvalue weighted by molar-refractivity contribution is 0.0528. The van der Waals surface area contributed by atoms with Crippen LogP contribution in [-0.4, -0.2) is 17.6 Å². The molecule has 2 aliphatic rings. The molecule has 1 aromatic rings. The van der Waals surface area contributed by atoms with Crippen molar-refractivity contribution in [3.63, 3.8) is 0 Å². The smallest absolute Gasteiger partial charge is 0.341 e. The highest BCUT2D eigenvalue weighted by Crippen LogP contribution is 2.33. The van der Waals surface area contributed by atoms with E-state index in [1.807, 2.05) is 54.6 Å². The molecule has 0 atom stereocenters. The van der Waals surface area contributed by atoms with Crippen LogP contribution in [-0.2, 0) is 4.74 Å². The van der Waals surface area contributed by atoms with E-state index in [0.717, 1.165) is 11.1 Å². The lowest BCUT2D eigenvalue weighted by Crippen LogP contribution is -2.04. The van der Waals surface area contributed by atoms with Crippen molar-refractivity contribution in [3.8, 4) is 22.4 Å². The van der Waals surface area contributed by atoms with Crippen LogP contribution < -0.4 is 0 Å². The molecule has 1 heterocycles. The number of rotatable bonds is 3. The number of fused-ring (bicyclic) bond motifs is 1. The second-order valence-corrected chi connectivity index (χ2v) is 5.14. The van der Waals surface area contributed by atoms with Crippen molar-refractivity contribution >= 4 is 17.6 Å². The minimum Gasteiger partial charge on any atom is -0.462 e. The maximum absolute atomic E-state index is 12.1. The van der Waals surface area contributed by atoms with E-state index in [1.165, 1.54) is 0 Å². The molecule has 0 radical (unpaired) electrons. The molecule has 0 unspecified atom stereocenters. The summed E-state index contributed by atoms with van der Waals surface area (Å²) < 4.78 is 5.06. The number of ether oxygens (including phenoxy) is 1. The number of nitrogens with zero attached hydrogens (tertiary/aromatic N) is 1. The molecule has 0 saturated heterocycles. The number of hydrogen-bond acceptors (Lipinski definition) is 3. The Labute approximate surface area is 133 Å². The van der Waals surface area contributed by atoms with Crippen LogP contribution in [0.1, 0.15) is 17.3 Å². The molecule has 3 nitrogen and oxygen atoms in total. The van der Waals surface area contributed by atoms with Gasteiger partial charge < -0.3 is 4.74 Å². The van der Waals surface area contributed by atoms with Gasteiger partial charge in [-0.3, -0.25) is 0 Å². The summed E-state index contributed by atoms with van der Waals surface area (Å²) in [5, 5.41) is 0.181. The van der Waals surface area contributed by atoms with Gasteiger partial charge in [-0.1, -0.05) is 60.1 Å². The standard InChI is InChI=1S/C18H14ClNO2/c1-2-22-18(21)16-14-10-8-13(12-6-4-3-5-7-12)9-11-15(14)20-17(16)19/h3-11H,2H2,1H3. The fraction of sp³-hybridized carbons (Fsp3) is 0.111. The van der Waals surface area contributed by atoms with E-state index in [1.54, 1.807) is 6.92 Å². The first-order valence-electron chi connectivity index (χ1n) is 7.02. The fourth-order valence-electron chi connectivity index (χ4n) is 2.37. The van der Waals surface area contributed by atoms with Gasteiger partial charge in [0, 0.05) is 5.56 Å². The van der Waals surface area contributed by atoms with Gasteiger partial charge in [0.1, 0.15) is 10.7 Å². The van der Waals surface area contributed by atoms with Crippen LogP contribution in [0.5, 0.6) is 0 Å². The second kappa shape index (κ2) is 6.16. The summed E-state index contributed by atoms with van der Waals surface area (Å²) in [7, 11) is 0. The number of benzene rings is 1. The van der Waals surface area contributed by atoms with E-state index < -0.39 is 5.97 Å². The molecule has 0 fully saturated rings. The Bertz CT molecular complexity index is 787. The first-order chi connectivity index (χ1) is 10.7. The maximum Gasteiger partial charge on any atom is 0.341 e. The molecule has 0 N–H and O–H groups in total. The van der Waals surface area contributed by atoms with Crippen molar-refractivity contribution in [2.45, 2.75) is 6.92 Å². The Kier molecular flexibility index (Phi) is 4.07. The van der Waals surface area contributed by atoms with Crippen molar-refractivity contribution < 1.29 is 9.53 Å². The molecule has 3 rings (SSSR count). The van der Waals surface area contributed by atoms with Crippen LogP contribution in [0, 0.1) is 0 Å². The first-order valence-corrected chi connectivity index (χ1v) is 7.40. The number of esters is 1. The summed E-state index contributed by atoms with van der Waals surface area (Å²) >= 11 is 6.09. The molecule has 1 aliphatic carbocycles. The average Bonchev–Trinajstić information content (AvgIpc) is 2.70. The lowest BCUT2D eigenvalue weighted by Gasteiger charge is -2.01. The van der Waals surface area contributed by atoms with E-state index in [2.05, 4.69) is 4.98 Å². The Morgan fingerprint density at radius 2 is 1.73 bits per heavy atom. The van der Waals surface area contributed by atoms with Gasteiger partial charge in [-0.25, -0.2) is 9.78 Å². The highest BCUT2D eigenvalue weighted by atomic mass is 35.5. The van der Waals surface area contributed by atoms with Gasteiger partial charge in [-0.05, 0) is 24.1 Å². The highest BCUT2D eigenvalue weighted by Gasteiger charge is 2.23. The quantitative estimate of drug-likeness (QED) is 0.659. The summed E-state index contributed by atoms with van der Waals surface area (Å²) in [6.45, 7) is 2.06. The third kappa shape index (κ3) is 2.68. The summed E-state index contributed by atoms with van der Waals surface area (Å²) in [6, 6.07) is 17.7. The minimum absolute atomic E-state index is 0.181. The van der Waals surface area contributed by atoms with Gasteiger partial charge in [0.2, 0.25) is 0 Å². The predicted octanol–water partition coefficient (Wildman–Crippen LogP) is 4.68. The number of carbonyl (C=O) groups excluding carboxylic acids is 1. The molecule has 22 heavy (non-hydrogen) atoms. The zero-order chi connectivity index (χ0) is 15.5. The highest BCUT2D eigenvalue weighted by molar-refractivity contribution is 6.33. The van der Waals surface area contributed by atoms with Gasteiger partial charge >= 0.3 is 5.97 Å². The van der Waals surface area contributed by atoms with E-state index in [-0.39, 0.29) is 5.15 Å². The molecule has 0 saturated carbocycles. The Balaban J connectivity index is 2.11. The molecule has 4 heteroatoms. The maximum atomic E-state index is 12.1. The van der Waals surface area contributed by atoms with Gasteiger partial charge in [0.15, 0.2) is 0 Å². The SMILES string of the molecule is CCOC(=O)c1c2ccc(-c3ccccc3)ccc-2nc1Cl. The Morgan fingerprint density at radius 1 is 1.05 bits per heavy atom. The summed E-state index contributed by atoms with van der Waals surface area (Å²) in [5.41, 5.74) is 3.85. The largest absolute Gasteiger partial charge is 0.462 e. The minimum atomic E-state index is -0.442. The van der Waals surface area contributed by atoms with E-state index in [9.17, 15) is 4.79 Å². The first kappa shape index (κ1) is 14.5. The third-order valence-electron chi connectivity index (χ3n) is 3.41. The van der Waals surface area contributed by atoms with Crippen LogP contribution in [0.15, 0.2) is 54.6 Å². The normalized spacial score (nSPS) is 10.6. The van der Waals surface area contributed by atoms with Crippen LogP contribution in [0.2, 0.25) is 5.15 Å². The number of aromatic nitrogens is 1. The summed E-state index contributed by atoms with van der Waals surface area (Å²) in [6.07, 6.45) is 0. The molecule has 0 spiro atoms. The summed E-state index contributed by atoms with van der Waals surface area (Å²) in [4.78, 5) is 16.3. The molecule has 0 amide bonds. The monoisotopic (exact) mass is 311 g/mol. The van der Waals surface area contributed by atoms with Crippen molar-refractivity contribution in [2.24, 2.45) is 0 Å². The fourth-order valence-corrected chi connectivity index (χ4v) is 2.64. The van der Waals surface area contributed by atoms with E-state index >= 15 is 0 Å². The van der Waals surface area contributed by atoms with Crippen LogP contribution in [0.4, 0.5) is 0 Å². The molecular weight excluding hydrogens is 298 g/mol. The van der Waals surface area contributed by atoms with Crippen LogP contribution in [0.25, 0.3) is 22.4 Å². The van der Waals surface area contributed by atoms with Crippen LogP contribution in [0.3, 0.4) is 0 Å². The zero-order valence-electron chi connectivity index (χ0n) is 12.0. The predicted molar refractivity (Wildman–Crippen MR) is 87.3 cm³/mol. The summed E-state index contributed by atoms with van der Waals surface area (Å²) in [5.74, 6) is -0.442. The molecule has 110 valence electrons. The van der Waals surface area contributed by atoms with Gasteiger partial charge in [0.25, 0.3) is 0 Å². The topological polar surface area (TPSA) is 39.2 Å². The molecular formula is C18H14ClNO2. The second-order valence-electron chi connectivity index (χ2n) is 4.79. The molecule has 1 aliphatic heterocycles. The van der Waals surface area contributed by atoms with Gasteiger partial charge in [-0.15, -0.1) is 0 Å². The third-order valence-corrected chi connectivity index (χ3v) is 3.68. The molecule has 0 bridgehead atoms. The number of halogens is 1. The Morgan fingerprint density at radius 3 is 2.45 bits per heavy atom. The molecule has 1 aromatic carbocycles. The van der Waals surface area contributed by atoms with Crippen LogP contribution >= 0.6 is 11.6 Å². The van der Waals surface area contributed by atoms with E-state index in [0.29, 0.717) is 23.4 Å². The van der Waals surface area contributed by atoms with Crippen molar-refractivity contribution in [2.75, 3.05) is 6.61 Å². The van der Waals surface area contributed by atoms with Crippen molar-refractivity contribution in [1.29, 1.82) is 0 Å². The van der Waals surface area contributed by atoms with Crippen molar-refractivity contribution in [3.05, 3.63) is 65.3 Å². The zero-order valence-corrected chi connectivity index (χ0v) is 12.8. The van der Waals surface area contributed by atoms with Gasteiger partial charge in [-0.2, -0.15) is 0 Å². The Hall–Kier alpha value is -2.39.